The van der Waals surface area contributed by atoms with Crippen LogP contribution in [0.2, 0.25) is 0 Å². The molecule has 0 aliphatic rings. The number of aryl methyl sites for hydroxylation is 1. The quantitative estimate of drug-likeness (QED) is 0.883. The van der Waals surface area contributed by atoms with E-state index in [0.29, 0.717) is 6.42 Å². The molecule has 0 bridgehead atoms. The summed E-state index contributed by atoms with van der Waals surface area (Å²) in [6.45, 7) is 8.58. The first-order chi connectivity index (χ1) is 9.84. The van der Waals surface area contributed by atoms with Crippen LogP contribution in [0.3, 0.4) is 0 Å². The Morgan fingerprint density at radius 1 is 0.952 bits per heavy atom. The first-order valence-electron chi connectivity index (χ1n) is 7.30. The summed E-state index contributed by atoms with van der Waals surface area (Å²) in [5, 5.41) is 2.94. The third-order valence-corrected chi connectivity index (χ3v) is 3.52. The molecule has 0 heterocycles. The fourth-order valence-electron chi connectivity index (χ4n) is 2.15. The number of carbonyl (C=O) groups excluding carboxylic acids is 1. The molecule has 1 N–H and O–H groups in total. The van der Waals surface area contributed by atoms with Crippen molar-refractivity contribution < 1.29 is 4.79 Å². The van der Waals surface area contributed by atoms with Gasteiger partial charge in [0.25, 0.3) is 0 Å². The van der Waals surface area contributed by atoms with Gasteiger partial charge in [-0.15, -0.1) is 0 Å². The number of hydrogen-bond acceptors (Lipinski definition) is 1. The van der Waals surface area contributed by atoms with Gasteiger partial charge in [0.15, 0.2) is 0 Å². The zero-order valence-corrected chi connectivity index (χ0v) is 13.2. The molecule has 0 unspecified atom stereocenters. The summed E-state index contributed by atoms with van der Waals surface area (Å²) in [4.78, 5) is 12.0. The Morgan fingerprint density at radius 3 is 2.05 bits per heavy atom. The predicted molar refractivity (Wildman–Crippen MR) is 88.7 cm³/mol. The SMILES string of the molecule is Cc1ccc(CC(=O)Nc2ccc(C(C)(C)C)cc2)cc1. The number of rotatable bonds is 3. The van der Waals surface area contributed by atoms with Crippen LogP contribution in [-0.4, -0.2) is 5.91 Å². The van der Waals surface area contributed by atoms with Gasteiger partial charge in [0, 0.05) is 5.69 Å². The molecule has 0 fully saturated rings. The largest absolute Gasteiger partial charge is 0.326 e. The maximum absolute atomic E-state index is 12.0. The van der Waals surface area contributed by atoms with Crippen LogP contribution in [0, 0.1) is 6.92 Å². The smallest absolute Gasteiger partial charge is 0.228 e. The van der Waals surface area contributed by atoms with Gasteiger partial charge in [-0.25, -0.2) is 0 Å². The first-order valence-corrected chi connectivity index (χ1v) is 7.30. The van der Waals surface area contributed by atoms with Gasteiger partial charge in [-0.2, -0.15) is 0 Å². The molecule has 0 atom stereocenters. The second-order valence-corrected chi connectivity index (χ2v) is 6.54. The summed E-state index contributed by atoms with van der Waals surface area (Å²) < 4.78 is 0. The topological polar surface area (TPSA) is 29.1 Å². The number of anilines is 1. The molecule has 0 spiro atoms. The minimum Gasteiger partial charge on any atom is -0.326 e. The van der Waals surface area contributed by atoms with Crippen molar-refractivity contribution in [1.82, 2.24) is 0 Å². The van der Waals surface area contributed by atoms with Crippen LogP contribution in [0.25, 0.3) is 0 Å². The third kappa shape index (κ3) is 4.45. The molecule has 21 heavy (non-hydrogen) atoms. The molecule has 2 rings (SSSR count). The van der Waals surface area contributed by atoms with Gasteiger partial charge in [0.2, 0.25) is 5.91 Å². The Hall–Kier alpha value is -2.09. The summed E-state index contributed by atoms with van der Waals surface area (Å²) in [5.74, 6) is 0.0161. The lowest BCUT2D eigenvalue weighted by Gasteiger charge is -2.19. The van der Waals surface area contributed by atoms with E-state index in [2.05, 4.69) is 38.2 Å². The van der Waals surface area contributed by atoms with Crippen molar-refractivity contribution in [3.05, 3.63) is 65.2 Å². The fraction of sp³-hybridized carbons (Fsp3) is 0.316. The average molecular weight is 281 g/mol. The molecule has 2 heteroatoms. The Labute approximate surface area is 127 Å². The van der Waals surface area contributed by atoms with E-state index in [1.165, 1.54) is 11.1 Å². The summed E-state index contributed by atoms with van der Waals surface area (Å²) in [6, 6.07) is 16.1. The van der Waals surface area contributed by atoms with E-state index in [0.717, 1.165) is 11.3 Å². The zero-order chi connectivity index (χ0) is 15.5. The van der Waals surface area contributed by atoms with E-state index >= 15 is 0 Å². The maximum atomic E-state index is 12.0. The van der Waals surface area contributed by atoms with Crippen LogP contribution in [0.4, 0.5) is 5.69 Å². The van der Waals surface area contributed by atoms with Crippen molar-refractivity contribution in [1.29, 1.82) is 0 Å². The monoisotopic (exact) mass is 281 g/mol. The van der Waals surface area contributed by atoms with E-state index in [-0.39, 0.29) is 11.3 Å². The molecule has 0 aliphatic carbocycles. The normalized spacial score (nSPS) is 11.2. The molecule has 110 valence electrons. The Bertz CT molecular complexity index is 604. The molecule has 0 aliphatic heterocycles. The minimum absolute atomic E-state index is 0.0161. The summed E-state index contributed by atoms with van der Waals surface area (Å²) in [5.41, 5.74) is 4.48. The molecule has 0 saturated carbocycles. The zero-order valence-electron chi connectivity index (χ0n) is 13.2. The average Bonchev–Trinajstić information content (AvgIpc) is 2.41. The molecule has 1 amide bonds. The number of hydrogen-bond donors (Lipinski definition) is 1. The second-order valence-electron chi connectivity index (χ2n) is 6.54. The highest BCUT2D eigenvalue weighted by Gasteiger charge is 2.13. The Balaban J connectivity index is 1.98. The molecule has 0 saturated heterocycles. The van der Waals surface area contributed by atoms with Gasteiger partial charge >= 0.3 is 0 Å². The lowest BCUT2D eigenvalue weighted by Crippen LogP contribution is -2.15. The van der Waals surface area contributed by atoms with Crippen molar-refractivity contribution in [2.45, 2.75) is 39.5 Å². The lowest BCUT2D eigenvalue weighted by molar-refractivity contribution is -0.115. The number of carbonyl (C=O) groups is 1. The van der Waals surface area contributed by atoms with Crippen LogP contribution in [0.5, 0.6) is 0 Å². The fourth-order valence-corrected chi connectivity index (χ4v) is 2.15. The van der Waals surface area contributed by atoms with Gasteiger partial charge in [0.1, 0.15) is 0 Å². The van der Waals surface area contributed by atoms with Crippen LogP contribution >= 0.6 is 0 Å². The molecular formula is C19H23NO. The first kappa shape index (κ1) is 15.3. The summed E-state index contributed by atoms with van der Waals surface area (Å²) >= 11 is 0. The van der Waals surface area contributed by atoms with Gasteiger partial charge in [-0.05, 0) is 35.6 Å². The van der Waals surface area contributed by atoms with Crippen molar-refractivity contribution in [2.75, 3.05) is 5.32 Å². The predicted octanol–water partition coefficient (Wildman–Crippen LogP) is 4.47. The lowest BCUT2D eigenvalue weighted by atomic mass is 9.87. The summed E-state index contributed by atoms with van der Waals surface area (Å²) in [7, 11) is 0. The molecule has 2 aromatic rings. The summed E-state index contributed by atoms with van der Waals surface area (Å²) in [6.07, 6.45) is 0.404. The van der Waals surface area contributed by atoms with Crippen LogP contribution < -0.4 is 5.32 Å². The standard InChI is InChI=1S/C19H23NO/c1-14-5-7-15(8-6-14)13-18(21)20-17-11-9-16(10-12-17)19(2,3)4/h5-12H,13H2,1-4H3,(H,20,21). The van der Waals surface area contributed by atoms with Gasteiger partial charge in [-0.1, -0.05) is 62.7 Å². The van der Waals surface area contributed by atoms with Crippen LogP contribution in [0.1, 0.15) is 37.5 Å². The number of benzene rings is 2. The van der Waals surface area contributed by atoms with Gasteiger partial charge in [-0.3, -0.25) is 4.79 Å². The number of nitrogens with one attached hydrogen (secondary N) is 1. The molecular weight excluding hydrogens is 258 g/mol. The second kappa shape index (κ2) is 6.13. The van der Waals surface area contributed by atoms with E-state index in [1.807, 2.05) is 43.3 Å². The Kier molecular flexibility index (Phi) is 4.46. The van der Waals surface area contributed by atoms with Crippen LogP contribution in [-0.2, 0) is 16.6 Å². The Morgan fingerprint density at radius 2 is 1.52 bits per heavy atom. The molecule has 0 aromatic heterocycles. The highest BCUT2D eigenvalue weighted by molar-refractivity contribution is 5.92. The van der Waals surface area contributed by atoms with E-state index < -0.39 is 0 Å². The number of amides is 1. The highest BCUT2D eigenvalue weighted by atomic mass is 16.1. The van der Waals surface area contributed by atoms with Crippen molar-refractivity contribution in [3.63, 3.8) is 0 Å². The van der Waals surface area contributed by atoms with Crippen molar-refractivity contribution >= 4 is 11.6 Å². The van der Waals surface area contributed by atoms with E-state index in [4.69, 9.17) is 0 Å². The van der Waals surface area contributed by atoms with Gasteiger partial charge in [0.05, 0.1) is 6.42 Å². The van der Waals surface area contributed by atoms with Crippen LogP contribution in [0.15, 0.2) is 48.5 Å². The van der Waals surface area contributed by atoms with Gasteiger partial charge < -0.3 is 5.32 Å². The molecule has 0 radical (unpaired) electrons. The molecule has 2 aromatic carbocycles. The van der Waals surface area contributed by atoms with E-state index in [9.17, 15) is 4.79 Å². The van der Waals surface area contributed by atoms with Crippen molar-refractivity contribution in [2.24, 2.45) is 0 Å². The minimum atomic E-state index is 0.0161. The molecule has 2 nitrogen and oxygen atoms in total. The third-order valence-electron chi connectivity index (χ3n) is 3.52. The van der Waals surface area contributed by atoms with Crippen molar-refractivity contribution in [3.8, 4) is 0 Å². The maximum Gasteiger partial charge on any atom is 0.228 e. The van der Waals surface area contributed by atoms with E-state index in [1.54, 1.807) is 0 Å². The highest BCUT2D eigenvalue weighted by Crippen LogP contribution is 2.23.